The SMILES string of the molecule is Cc1c(CCC(=O)OC(C)(C)C)cccc1NC(=O)C(c1ccc(Cn2oc3ccccc3c2=O)cc1)C1CCCC1. The molecule has 220 valence electrons. The van der Waals surface area contributed by atoms with Gasteiger partial charge in [0.05, 0.1) is 17.8 Å². The van der Waals surface area contributed by atoms with Gasteiger partial charge >= 0.3 is 5.97 Å². The number of anilines is 1. The molecule has 0 spiro atoms. The maximum atomic E-state index is 13.9. The molecule has 1 aliphatic carbocycles. The summed E-state index contributed by atoms with van der Waals surface area (Å²) < 4.78 is 12.6. The Morgan fingerprint density at radius 3 is 2.40 bits per heavy atom. The molecule has 4 aromatic rings. The van der Waals surface area contributed by atoms with Crippen LogP contribution in [0.25, 0.3) is 11.0 Å². The summed E-state index contributed by atoms with van der Waals surface area (Å²) in [6, 6.07) is 21.1. The number of para-hydroxylation sites is 1. The number of aryl methyl sites for hydroxylation is 1. The van der Waals surface area contributed by atoms with Crippen LogP contribution in [-0.4, -0.2) is 22.2 Å². The summed E-state index contributed by atoms with van der Waals surface area (Å²) in [6.45, 7) is 7.90. The molecule has 7 nitrogen and oxygen atoms in total. The molecule has 0 radical (unpaired) electrons. The first kappa shape index (κ1) is 29.4. The van der Waals surface area contributed by atoms with E-state index >= 15 is 0 Å². The van der Waals surface area contributed by atoms with Gasteiger partial charge in [0.2, 0.25) is 5.91 Å². The van der Waals surface area contributed by atoms with E-state index < -0.39 is 5.60 Å². The van der Waals surface area contributed by atoms with Crippen molar-refractivity contribution in [2.75, 3.05) is 5.32 Å². The van der Waals surface area contributed by atoms with Crippen molar-refractivity contribution in [3.63, 3.8) is 0 Å². The number of nitrogens with one attached hydrogen (secondary N) is 1. The lowest BCUT2D eigenvalue weighted by Crippen LogP contribution is -2.27. The van der Waals surface area contributed by atoms with E-state index in [1.807, 2.05) is 82.3 Å². The molecule has 1 heterocycles. The van der Waals surface area contributed by atoms with Gasteiger partial charge in [-0.15, -0.1) is 0 Å². The third kappa shape index (κ3) is 6.84. The van der Waals surface area contributed by atoms with Crippen LogP contribution in [-0.2, 0) is 27.3 Å². The van der Waals surface area contributed by atoms with Crippen LogP contribution in [0.2, 0.25) is 0 Å². The lowest BCUT2D eigenvalue weighted by Gasteiger charge is -2.24. The maximum Gasteiger partial charge on any atom is 0.306 e. The van der Waals surface area contributed by atoms with Crippen molar-refractivity contribution < 1.29 is 18.8 Å². The number of amides is 1. The lowest BCUT2D eigenvalue weighted by molar-refractivity contribution is -0.154. The summed E-state index contributed by atoms with van der Waals surface area (Å²) in [5, 5.41) is 3.78. The van der Waals surface area contributed by atoms with Gasteiger partial charge in [-0.05, 0) is 93.3 Å². The first-order chi connectivity index (χ1) is 20.1. The standard InChI is InChI=1S/C35H40N2O5/c1-23-25(20-21-31(38)41-35(2,3)4)12-9-14-29(23)36-33(39)32(26-10-5-6-11-26)27-18-16-24(17-19-27)22-37-34(40)28-13-7-8-15-30(28)42-37/h7-9,12-19,26,32H,5-6,10-11,20-22H2,1-4H3,(H,36,39). The number of benzene rings is 3. The fraction of sp³-hybridized carbons (Fsp3) is 0.400. The van der Waals surface area contributed by atoms with Gasteiger partial charge in [0, 0.05) is 12.1 Å². The van der Waals surface area contributed by atoms with Crippen molar-refractivity contribution in [2.45, 2.75) is 84.3 Å². The second-order valence-electron chi connectivity index (χ2n) is 12.4. The Morgan fingerprint density at radius 1 is 1.00 bits per heavy atom. The van der Waals surface area contributed by atoms with Gasteiger partial charge in [0.1, 0.15) is 5.60 Å². The number of rotatable bonds is 9. The number of esters is 1. The lowest BCUT2D eigenvalue weighted by atomic mass is 9.83. The van der Waals surface area contributed by atoms with Gasteiger partial charge in [-0.1, -0.05) is 61.4 Å². The molecule has 1 amide bonds. The van der Waals surface area contributed by atoms with Crippen molar-refractivity contribution in [3.8, 4) is 0 Å². The molecule has 1 atom stereocenters. The highest BCUT2D eigenvalue weighted by Crippen LogP contribution is 2.38. The van der Waals surface area contributed by atoms with Crippen LogP contribution in [0.1, 0.15) is 81.0 Å². The number of aromatic nitrogens is 1. The van der Waals surface area contributed by atoms with E-state index in [0.717, 1.165) is 53.6 Å². The molecule has 5 rings (SSSR count). The first-order valence-electron chi connectivity index (χ1n) is 14.9. The molecule has 1 fully saturated rings. The first-order valence-corrected chi connectivity index (χ1v) is 14.9. The number of ether oxygens (including phenoxy) is 1. The van der Waals surface area contributed by atoms with Crippen LogP contribution < -0.4 is 10.9 Å². The van der Waals surface area contributed by atoms with Crippen LogP contribution in [0.15, 0.2) is 76.0 Å². The van der Waals surface area contributed by atoms with Crippen molar-refractivity contribution in [2.24, 2.45) is 5.92 Å². The van der Waals surface area contributed by atoms with E-state index in [1.165, 1.54) is 4.74 Å². The fourth-order valence-electron chi connectivity index (χ4n) is 5.98. The molecular weight excluding hydrogens is 528 g/mol. The summed E-state index contributed by atoms with van der Waals surface area (Å²) in [7, 11) is 0. The fourth-order valence-corrected chi connectivity index (χ4v) is 5.98. The number of nitrogens with zero attached hydrogens (tertiary/aromatic N) is 1. The minimum Gasteiger partial charge on any atom is -0.460 e. The van der Waals surface area contributed by atoms with Crippen LogP contribution >= 0.6 is 0 Å². The topological polar surface area (TPSA) is 90.5 Å². The molecule has 7 heteroatoms. The summed E-state index contributed by atoms with van der Waals surface area (Å²) in [5.74, 6) is -0.258. The van der Waals surface area contributed by atoms with Crippen LogP contribution in [0.3, 0.4) is 0 Å². The Morgan fingerprint density at radius 2 is 1.71 bits per heavy atom. The predicted molar refractivity (Wildman–Crippen MR) is 165 cm³/mol. The van der Waals surface area contributed by atoms with Crippen molar-refractivity contribution in [1.82, 2.24) is 4.74 Å². The molecule has 1 N–H and O–H groups in total. The number of carbonyl (C=O) groups excluding carboxylic acids is 2. The number of hydrogen-bond acceptors (Lipinski definition) is 5. The van der Waals surface area contributed by atoms with E-state index in [-0.39, 0.29) is 35.7 Å². The van der Waals surface area contributed by atoms with E-state index in [0.29, 0.717) is 23.9 Å². The minimum absolute atomic E-state index is 0.0180. The molecule has 1 aromatic heterocycles. The predicted octanol–water partition coefficient (Wildman–Crippen LogP) is 7.14. The molecule has 1 saturated carbocycles. The van der Waals surface area contributed by atoms with E-state index in [4.69, 9.17) is 9.26 Å². The minimum atomic E-state index is -0.513. The summed E-state index contributed by atoms with van der Waals surface area (Å²) in [6.07, 6.45) is 5.12. The highest BCUT2D eigenvalue weighted by molar-refractivity contribution is 5.97. The molecule has 0 bridgehead atoms. The molecular formula is C35H40N2O5. The summed E-state index contributed by atoms with van der Waals surface area (Å²) in [5.41, 5.74) is 4.56. The average Bonchev–Trinajstić information content (AvgIpc) is 3.58. The number of hydrogen-bond donors (Lipinski definition) is 1. The van der Waals surface area contributed by atoms with Gasteiger partial charge in [-0.25, -0.2) is 0 Å². The van der Waals surface area contributed by atoms with Gasteiger partial charge < -0.3 is 14.6 Å². The Hall–Kier alpha value is -4.13. The van der Waals surface area contributed by atoms with E-state index in [2.05, 4.69) is 5.32 Å². The maximum absolute atomic E-state index is 13.9. The summed E-state index contributed by atoms with van der Waals surface area (Å²) in [4.78, 5) is 38.8. The zero-order chi connectivity index (χ0) is 29.9. The third-order valence-electron chi connectivity index (χ3n) is 8.09. The van der Waals surface area contributed by atoms with Gasteiger partial charge in [0.15, 0.2) is 5.58 Å². The van der Waals surface area contributed by atoms with Crippen molar-refractivity contribution in [1.29, 1.82) is 0 Å². The van der Waals surface area contributed by atoms with E-state index in [1.54, 1.807) is 12.1 Å². The van der Waals surface area contributed by atoms with Gasteiger partial charge in [-0.3, -0.25) is 14.4 Å². The quantitative estimate of drug-likeness (QED) is 0.217. The average molecular weight is 569 g/mol. The highest BCUT2D eigenvalue weighted by atomic mass is 16.6. The van der Waals surface area contributed by atoms with Gasteiger partial charge in [-0.2, -0.15) is 4.74 Å². The Balaban J connectivity index is 1.31. The molecule has 0 saturated heterocycles. The monoisotopic (exact) mass is 568 g/mol. The largest absolute Gasteiger partial charge is 0.460 e. The molecule has 1 aliphatic rings. The third-order valence-corrected chi connectivity index (χ3v) is 8.09. The van der Waals surface area contributed by atoms with Crippen LogP contribution in [0.4, 0.5) is 5.69 Å². The molecule has 42 heavy (non-hydrogen) atoms. The van der Waals surface area contributed by atoms with Crippen molar-refractivity contribution in [3.05, 3.63) is 99.3 Å². The number of fused-ring (bicyclic) bond motifs is 1. The van der Waals surface area contributed by atoms with E-state index in [9.17, 15) is 14.4 Å². The molecule has 0 aliphatic heterocycles. The normalized spacial score (nSPS) is 14.7. The highest BCUT2D eigenvalue weighted by Gasteiger charge is 2.32. The second-order valence-corrected chi connectivity index (χ2v) is 12.4. The van der Waals surface area contributed by atoms with Crippen molar-refractivity contribution >= 4 is 28.5 Å². The Bertz CT molecular complexity index is 1620. The summed E-state index contributed by atoms with van der Waals surface area (Å²) >= 11 is 0. The smallest absolute Gasteiger partial charge is 0.306 e. The van der Waals surface area contributed by atoms with Crippen LogP contribution in [0, 0.1) is 12.8 Å². The molecule has 3 aromatic carbocycles. The number of carbonyl (C=O) groups is 2. The zero-order valence-corrected chi connectivity index (χ0v) is 24.9. The van der Waals surface area contributed by atoms with Crippen LogP contribution in [0.5, 0.6) is 0 Å². The Labute approximate surface area is 246 Å². The second kappa shape index (κ2) is 12.4. The molecule has 1 unspecified atom stereocenters. The Kier molecular flexibility index (Phi) is 8.66. The van der Waals surface area contributed by atoms with Gasteiger partial charge in [0.25, 0.3) is 5.56 Å². The zero-order valence-electron chi connectivity index (χ0n) is 24.9.